The van der Waals surface area contributed by atoms with E-state index in [-0.39, 0.29) is 12.2 Å². The maximum Gasteiger partial charge on any atom is 0.269 e. The second-order valence-corrected chi connectivity index (χ2v) is 5.48. The Bertz CT molecular complexity index is 704. The third-order valence-corrected chi connectivity index (χ3v) is 3.47. The number of nitrogens with zero attached hydrogens (tertiary/aromatic N) is 1. The molecule has 0 aliphatic rings. The Hall–Kier alpha value is -2.51. The van der Waals surface area contributed by atoms with E-state index in [4.69, 9.17) is 12.2 Å². The zero-order valence-electron chi connectivity index (χ0n) is 12.5. The summed E-state index contributed by atoms with van der Waals surface area (Å²) in [5, 5.41) is 27.0. The van der Waals surface area contributed by atoms with E-state index in [9.17, 15) is 15.2 Å². The van der Waals surface area contributed by atoms with Crippen LogP contribution in [0.3, 0.4) is 0 Å². The van der Waals surface area contributed by atoms with Crippen LogP contribution in [0.5, 0.6) is 0 Å². The lowest BCUT2D eigenvalue weighted by Crippen LogP contribution is -2.32. The van der Waals surface area contributed by atoms with E-state index in [0.717, 1.165) is 11.3 Å². The SMILES string of the molecule is Cc1cccc(NC(=S)NC[C@@H](O)c2ccc([N+](=O)[O-])cc2)c1. The van der Waals surface area contributed by atoms with Crippen LogP contribution in [0, 0.1) is 17.0 Å². The van der Waals surface area contributed by atoms with Crippen LogP contribution in [-0.4, -0.2) is 21.7 Å². The molecule has 0 bridgehead atoms. The van der Waals surface area contributed by atoms with Gasteiger partial charge >= 0.3 is 0 Å². The van der Waals surface area contributed by atoms with E-state index in [2.05, 4.69) is 10.6 Å². The summed E-state index contributed by atoms with van der Waals surface area (Å²) >= 11 is 5.18. The summed E-state index contributed by atoms with van der Waals surface area (Å²) in [4.78, 5) is 10.1. The molecule has 0 saturated carbocycles. The molecular formula is C16H17N3O3S. The number of thiocarbonyl (C=S) groups is 1. The van der Waals surface area contributed by atoms with Gasteiger partial charge in [0.15, 0.2) is 5.11 Å². The Labute approximate surface area is 139 Å². The predicted octanol–water partition coefficient (Wildman–Crippen LogP) is 2.92. The molecule has 1 atom stereocenters. The van der Waals surface area contributed by atoms with Gasteiger partial charge in [-0.2, -0.15) is 0 Å². The van der Waals surface area contributed by atoms with Crippen molar-refractivity contribution in [3.8, 4) is 0 Å². The first-order chi connectivity index (χ1) is 11.0. The van der Waals surface area contributed by atoms with Crippen molar-refractivity contribution < 1.29 is 10.0 Å². The molecule has 0 saturated heterocycles. The number of rotatable bonds is 5. The van der Waals surface area contributed by atoms with E-state index in [1.165, 1.54) is 24.3 Å². The van der Waals surface area contributed by atoms with Crippen molar-refractivity contribution in [2.45, 2.75) is 13.0 Å². The molecule has 0 amide bonds. The second-order valence-electron chi connectivity index (χ2n) is 5.07. The van der Waals surface area contributed by atoms with Crippen molar-refractivity contribution in [1.29, 1.82) is 0 Å². The Kier molecular flexibility index (Phi) is 5.61. The number of nitro groups is 1. The van der Waals surface area contributed by atoms with Gasteiger partial charge in [0.05, 0.1) is 11.0 Å². The maximum absolute atomic E-state index is 10.6. The van der Waals surface area contributed by atoms with Crippen LogP contribution in [0.25, 0.3) is 0 Å². The minimum atomic E-state index is -0.812. The summed E-state index contributed by atoms with van der Waals surface area (Å²) < 4.78 is 0. The summed E-state index contributed by atoms with van der Waals surface area (Å²) in [7, 11) is 0. The summed E-state index contributed by atoms with van der Waals surface area (Å²) in [5.74, 6) is 0. The molecule has 2 aromatic carbocycles. The third-order valence-electron chi connectivity index (χ3n) is 3.22. The van der Waals surface area contributed by atoms with E-state index in [0.29, 0.717) is 10.7 Å². The van der Waals surface area contributed by atoms with Crippen LogP contribution in [0.2, 0.25) is 0 Å². The number of aliphatic hydroxyl groups excluding tert-OH is 1. The highest BCUT2D eigenvalue weighted by atomic mass is 32.1. The number of benzene rings is 2. The number of hydrogen-bond donors (Lipinski definition) is 3. The van der Waals surface area contributed by atoms with E-state index >= 15 is 0 Å². The maximum atomic E-state index is 10.6. The highest BCUT2D eigenvalue weighted by molar-refractivity contribution is 7.80. The van der Waals surface area contributed by atoms with Gasteiger partial charge in [0.1, 0.15) is 0 Å². The Morgan fingerprint density at radius 1 is 1.30 bits per heavy atom. The smallest absolute Gasteiger partial charge is 0.269 e. The normalized spacial score (nSPS) is 11.6. The predicted molar refractivity (Wildman–Crippen MR) is 93.5 cm³/mol. The van der Waals surface area contributed by atoms with Crippen molar-refractivity contribution in [2.75, 3.05) is 11.9 Å². The van der Waals surface area contributed by atoms with Crippen molar-refractivity contribution in [2.24, 2.45) is 0 Å². The van der Waals surface area contributed by atoms with Crippen LogP contribution in [0.1, 0.15) is 17.2 Å². The lowest BCUT2D eigenvalue weighted by Gasteiger charge is -2.15. The van der Waals surface area contributed by atoms with Crippen LogP contribution in [-0.2, 0) is 0 Å². The molecule has 0 spiro atoms. The minimum Gasteiger partial charge on any atom is -0.387 e. The standard InChI is InChI=1S/C16H17N3O3S/c1-11-3-2-4-13(9-11)18-16(23)17-10-15(20)12-5-7-14(8-6-12)19(21)22/h2-9,15,20H,10H2,1H3,(H2,17,18,23)/t15-/m1/s1. The molecule has 0 heterocycles. The Morgan fingerprint density at radius 2 is 2.00 bits per heavy atom. The van der Waals surface area contributed by atoms with Gasteiger partial charge in [0.2, 0.25) is 0 Å². The lowest BCUT2D eigenvalue weighted by atomic mass is 10.1. The summed E-state index contributed by atoms with van der Waals surface area (Å²) in [6, 6.07) is 13.5. The molecule has 0 aliphatic carbocycles. The summed E-state index contributed by atoms with van der Waals surface area (Å²) in [5.41, 5.74) is 2.56. The zero-order valence-corrected chi connectivity index (χ0v) is 13.3. The first-order valence-corrected chi connectivity index (χ1v) is 7.40. The molecule has 23 heavy (non-hydrogen) atoms. The fourth-order valence-electron chi connectivity index (χ4n) is 2.02. The topological polar surface area (TPSA) is 87.4 Å². The van der Waals surface area contributed by atoms with Crippen LogP contribution < -0.4 is 10.6 Å². The van der Waals surface area contributed by atoms with Crippen molar-refractivity contribution >= 4 is 28.7 Å². The molecule has 2 rings (SSSR count). The molecular weight excluding hydrogens is 314 g/mol. The molecule has 2 aromatic rings. The van der Waals surface area contributed by atoms with E-state index in [1.54, 1.807) is 0 Å². The number of hydrogen-bond acceptors (Lipinski definition) is 4. The summed E-state index contributed by atoms with van der Waals surface area (Å²) in [6.45, 7) is 2.19. The number of aliphatic hydroxyl groups is 1. The molecule has 3 N–H and O–H groups in total. The number of nitro benzene ring substituents is 1. The first-order valence-electron chi connectivity index (χ1n) is 6.99. The van der Waals surface area contributed by atoms with Gasteiger partial charge in [-0.15, -0.1) is 0 Å². The average Bonchev–Trinajstić information content (AvgIpc) is 2.52. The van der Waals surface area contributed by atoms with Crippen LogP contribution >= 0.6 is 12.2 Å². The number of anilines is 1. The Balaban J connectivity index is 1.87. The average molecular weight is 331 g/mol. The fourth-order valence-corrected chi connectivity index (χ4v) is 2.22. The monoisotopic (exact) mass is 331 g/mol. The van der Waals surface area contributed by atoms with Crippen molar-refractivity contribution in [3.05, 3.63) is 69.8 Å². The second kappa shape index (κ2) is 7.66. The molecule has 0 unspecified atom stereocenters. The quantitative estimate of drug-likeness (QED) is 0.444. The van der Waals surface area contributed by atoms with Gasteiger partial charge in [-0.3, -0.25) is 10.1 Å². The fraction of sp³-hybridized carbons (Fsp3) is 0.188. The highest BCUT2D eigenvalue weighted by Crippen LogP contribution is 2.17. The van der Waals surface area contributed by atoms with E-state index in [1.807, 2.05) is 31.2 Å². The van der Waals surface area contributed by atoms with Crippen LogP contribution in [0.4, 0.5) is 11.4 Å². The number of nitrogens with one attached hydrogen (secondary N) is 2. The van der Waals surface area contributed by atoms with Gasteiger partial charge in [0, 0.05) is 24.4 Å². The largest absolute Gasteiger partial charge is 0.387 e. The lowest BCUT2D eigenvalue weighted by molar-refractivity contribution is -0.384. The van der Waals surface area contributed by atoms with Gasteiger partial charge < -0.3 is 15.7 Å². The molecule has 6 nitrogen and oxygen atoms in total. The van der Waals surface area contributed by atoms with Gasteiger partial charge in [-0.1, -0.05) is 12.1 Å². The third kappa shape index (κ3) is 5.01. The number of aryl methyl sites for hydroxylation is 1. The van der Waals surface area contributed by atoms with Crippen LogP contribution in [0.15, 0.2) is 48.5 Å². The molecule has 0 aliphatic heterocycles. The van der Waals surface area contributed by atoms with Crippen molar-refractivity contribution in [3.63, 3.8) is 0 Å². The molecule has 0 aromatic heterocycles. The Morgan fingerprint density at radius 3 is 2.61 bits per heavy atom. The molecule has 0 radical (unpaired) electrons. The van der Waals surface area contributed by atoms with E-state index < -0.39 is 11.0 Å². The molecule has 7 heteroatoms. The molecule has 120 valence electrons. The summed E-state index contributed by atoms with van der Waals surface area (Å²) in [6.07, 6.45) is -0.812. The highest BCUT2D eigenvalue weighted by Gasteiger charge is 2.11. The zero-order chi connectivity index (χ0) is 16.8. The van der Waals surface area contributed by atoms with Crippen molar-refractivity contribution in [1.82, 2.24) is 5.32 Å². The number of non-ortho nitro benzene ring substituents is 1. The molecule has 0 fully saturated rings. The van der Waals surface area contributed by atoms with Gasteiger partial charge in [0.25, 0.3) is 5.69 Å². The van der Waals surface area contributed by atoms with Gasteiger partial charge in [-0.05, 0) is 54.5 Å². The van der Waals surface area contributed by atoms with Gasteiger partial charge in [-0.25, -0.2) is 0 Å². The minimum absolute atomic E-state index is 0.00876. The first kappa shape index (κ1) is 16.9.